The molecular formula is C13H20N2O. The Balaban J connectivity index is 2.31. The Kier molecular flexibility index (Phi) is 3.42. The standard InChI is InChI=1S/C13H20N2O/c1-10(2)13-11(9-16)8-14-15(13)12-6-4-3-5-7-12/h8-10,12H,3-7H2,1-2H3. The van der Waals surface area contributed by atoms with E-state index in [1.165, 1.54) is 32.1 Å². The third-order valence-electron chi connectivity index (χ3n) is 3.46. The van der Waals surface area contributed by atoms with Crippen LogP contribution in [0.3, 0.4) is 0 Å². The van der Waals surface area contributed by atoms with Crippen LogP contribution in [0.5, 0.6) is 0 Å². The van der Waals surface area contributed by atoms with Crippen molar-refractivity contribution in [1.29, 1.82) is 0 Å². The van der Waals surface area contributed by atoms with Crippen LogP contribution in [0.2, 0.25) is 0 Å². The molecule has 1 aliphatic rings. The molecule has 0 aromatic carbocycles. The van der Waals surface area contributed by atoms with Gasteiger partial charge in [-0.15, -0.1) is 0 Å². The molecule has 0 unspecified atom stereocenters. The van der Waals surface area contributed by atoms with Gasteiger partial charge in [-0.3, -0.25) is 9.48 Å². The highest BCUT2D eigenvalue weighted by Gasteiger charge is 2.22. The van der Waals surface area contributed by atoms with Gasteiger partial charge >= 0.3 is 0 Å². The van der Waals surface area contributed by atoms with E-state index in [9.17, 15) is 4.79 Å². The van der Waals surface area contributed by atoms with Gasteiger partial charge in [0.1, 0.15) is 0 Å². The van der Waals surface area contributed by atoms with Crippen LogP contribution >= 0.6 is 0 Å². The lowest BCUT2D eigenvalue weighted by Crippen LogP contribution is -2.17. The largest absolute Gasteiger partial charge is 0.298 e. The molecule has 1 aromatic rings. The molecule has 0 spiro atoms. The Morgan fingerprint density at radius 1 is 1.38 bits per heavy atom. The number of aldehydes is 1. The average Bonchev–Trinajstić information content (AvgIpc) is 2.73. The molecule has 88 valence electrons. The summed E-state index contributed by atoms with van der Waals surface area (Å²) in [7, 11) is 0. The van der Waals surface area contributed by atoms with E-state index in [-0.39, 0.29) is 0 Å². The normalized spacial score (nSPS) is 17.9. The fraction of sp³-hybridized carbons (Fsp3) is 0.692. The Morgan fingerprint density at radius 2 is 2.06 bits per heavy atom. The van der Waals surface area contributed by atoms with Gasteiger partial charge in [0.15, 0.2) is 6.29 Å². The van der Waals surface area contributed by atoms with Crippen LogP contribution in [0.1, 0.15) is 74.0 Å². The zero-order chi connectivity index (χ0) is 11.5. The molecule has 1 aliphatic carbocycles. The number of carbonyl (C=O) groups excluding carboxylic acids is 1. The average molecular weight is 220 g/mol. The first kappa shape index (κ1) is 11.4. The summed E-state index contributed by atoms with van der Waals surface area (Å²) in [4.78, 5) is 11.0. The number of rotatable bonds is 3. The Bertz CT molecular complexity index is 362. The minimum atomic E-state index is 0.365. The molecule has 0 saturated heterocycles. The van der Waals surface area contributed by atoms with Crippen molar-refractivity contribution in [2.75, 3.05) is 0 Å². The molecule has 1 fully saturated rings. The van der Waals surface area contributed by atoms with Gasteiger partial charge < -0.3 is 0 Å². The summed E-state index contributed by atoms with van der Waals surface area (Å²) in [5.74, 6) is 0.365. The predicted octanol–water partition coefficient (Wildman–Crippen LogP) is 3.32. The van der Waals surface area contributed by atoms with E-state index in [0.717, 1.165) is 17.5 Å². The third-order valence-corrected chi connectivity index (χ3v) is 3.46. The zero-order valence-electron chi connectivity index (χ0n) is 10.1. The maximum atomic E-state index is 11.0. The van der Waals surface area contributed by atoms with Crippen molar-refractivity contribution < 1.29 is 4.79 Å². The summed E-state index contributed by atoms with van der Waals surface area (Å²) in [6.45, 7) is 4.26. The van der Waals surface area contributed by atoms with Crippen molar-refractivity contribution in [3.8, 4) is 0 Å². The summed E-state index contributed by atoms with van der Waals surface area (Å²) < 4.78 is 2.10. The molecule has 3 heteroatoms. The maximum absolute atomic E-state index is 11.0. The van der Waals surface area contributed by atoms with Crippen molar-refractivity contribution >= 4 is 6.29 Å². The molecule has 16 heavy (non-hydrogen) atoms. The number of nitrogens with zero attached hydrogens (tertiary/aromatic N) is 2. The zero-order valence-corrected chi connectivity index (χ0v) is 10.1. The van der Waals surface area contributed by atoms with E-state index in [1.807, 2.05) is 0 Å². The molecule has 0 radical (unpaired) electrons. The van der Waals surface area contributed by atoms with E-state index in [0.29, 0.717) is 12.0 Å². The minimum Gasteiger partial charge on any atom is -0.298 e. The second kappa shape index (κ2) is 4.81. The van der Waals surface area contributed by atoms with Crippen LogP contribution in [0.15, 0.2) is 6.20 Å². The molecule has 3 nitrogen and oxygen atoms in total. The minimum absolute atomic E-state index is 0.365. The number of aromatic nitrogens is 2. The topological polar surface area (TPSA) is 34.9 Å². The summed E-state index contributed by atoms with van der Waals surface area (Å²) in [6, 6.07) is 0.514. The Labute approximate surface area is 96.8 Å². The summed E-state index contributed by atoms with van der Waals surface area (Å²) in [5.41, 5.74) is 1.88. The van der Waals surface area contributed by atoms with Crippen molar-refractivity contribution in [2.45, 2.75) is 57.9 Å². The van der Waals surface area contributed by atoms with Crippen molar-refractivity contribution in [3.05, 3.63) is 17.5 Å². The van der Waals surface area contributed by atoms with Crippen molar-refractivity contribution in [2.24, 2.45) is 0 Å². The molecule has 1 heterocycles. The summed E-state index contributed by atoms with van der Waals surface area (Å²) in [6.07, 6.45) is 8.99. The second-order valence-electron chi connectivity index (χ2n) is 4.99. The van der Waals surface area contributed by atoms with Gasteiger partial charge in [0.25, 0.3) is 0 Å². The Hall–Kier alpha value is -1.12. The number of hydrogen-bond acceptors (Lipinski definition) is 2. The predicted molar refractivity (Wildman–Crippen MR) is 63.8 cm³/mol. The highest BCUT2D eigenvalue weighted by molar-refractivity contribution is 5.76. The lowest BCUT2D eigenvalue weighted by atomic mass is 9.94. The van der Waals surface area contributed by atoms with Gasteiger partial charge in [-0.25, -0.2) is 0 Å². The first-order valence-electron chi connectivity index (χ1n) is 6.26. The molecule has 1 aromatic heterocycles. The van der Waals surface area contributed by atoms with Crippen LogP contribution in [-0.2, 0) is 0 Å². The second-order valence-corrected chi connectivity index (χ2v) is 4.99. The fourth-order valence-corrected chi connectivity index (χ4v) is 2.69. The monoisotopic (exact) mass is 220 g/mol. The molecule has 0 bridgehead atoms. The molecule has 0 aliphatic heterocycles. The van der Waals surface area contributed by atoms with Gasteiger partial charge in [0.05, 0.1) is 23.5 Å². The Morgan fingerprint density at radius 3 is 2.62 bits per heavy atom. The number of carbonyl (C=O) groups is 1. The molecule has 0 atom stereocenters. The maximum Gasteiger partial charge on any atom is 0.153 e. The van der Waals surface area contributed by atoms with Crippen molar-refractivity contribution in [1.82, 2.24) is 9.78 Å². The highest BCUT2D eigenvalue weighted by atomic mass is 16.1. The fourth-order valence-electron chi connectivity index (χ4n) is 2.69. The van der Waals surface area contributed by atoms with Gasteiger partial charge in [-0.2, -0.15) is 5.10 Å². The molecular weight excluding hydrogens is 200 g/mol. The summed E-state index contributed by atoms with van der Waals surface area (Å²) in [5, 5.41) is 4.42. The van der Waals surface area contributed by atoms with E-state index in [1.54, 1.807) is 6.20 Å². The van der Waals surface area contributed by atoms with Gasteiger partial charge in [-0.05, 0) is 18.8 Å². The van der Waals surface area contributed by atoms with Gasteiger partial charge in [-0.1, -0.05) is 33.1 Å². The van der Waals surface area contributed by atoms with Crippen LogP contribution in [-0.4, -0.2) is 16.1 Å². The number of hydrogen-bond donors (Lipinski definition) is 0. The van der Waals surface area contributed by atoms with Crippen molar-refractivity contribution in [3.63, 3.8) is 0 Å². The van der Waals surface area contributed by atoms with Crippen LogP contribution in [0, 0.1) is 0 Å². The summed E-state index contributed by atoms with van der Waals surface area (Å²) >= 11 is 0. The smallest absolute Gasteiger partial charge is 0.153 e. The third kappa shape index (κ3) is 2.04. The molecule has 0 amide bonds. The quantitative estimate of drug-likeness (QED) is 0.732. The SMILES string of the molecule is CC(C)c1c(C=O)cnn1C1CCCCC1. The van der Waals surface area contributed by atoms with E-state index in [4.69, 9.17) is 0 Å². The van der Waals surface area contributed by atoms with Gasteiger partial charge in [0.2, 0.25) is 0 Å². The van der Waals surface area contributed by atoms with Crippen LogP contribution in [0.25, 0.3) is 0 Å². The lowest BCUT2D eigenvalue weighted by Gasteiger charge is -2.25. The first-order valence-corrected chi connectivity index (χ1v) is 6.26. The van der Waals surface area contributed by atoms with E-state index in [2.05, 4.69) is 23.6 Å². The van der Waals surface area contributed by atoms with Crippen LogP contribution < -0.4 is 0 Å². The van der Waals surface area contributed by atoms with Crippen LogP contribution in [0.4, 0.5) is 0 Å². The van der Waals surface area contributed by atoms with E-state index >= 15 is 0 Å². The molecule has 2 rings (SSSR count). The highest BCUT2D eigenvalue weighted by Crippen LogP contribution is 2.31. The first-order chi connectivity index (χ1) is 7.74. The van der Waals surface area contributed by atoms with E-state index < -0.39 is 0 Å². The van der Waals surface area contributed by atoms with Gasteiger partial charge in [0, 0.05) is 0 Å². The molecule has 1 saturated carbocycles. The molecule has 0 N–H and O–H groups in total. The lowest BCUT2D eigenvalue weighted by molar-refractivity contribution is 0.112.